The lowest BCUT2D eigenvalue weighted by Gasteiger charge is -2.25. The molecule has 1 unspecified atom stereocenters. The van der Waals surface area contributed by atoms with Gasteiger partial charge in [-0.3, -0.25) is 0 Å². The summed E-state index contributed by atoms with van der Waals surface area (Å²) in [6.07, 6.45) is 0.636. The van der Waals surface area contributed by atoms with Crippen LogP contribution < -0.4 is 14.8 Å². The van der Waals surface area contributed by atoms with Crippen molar-refractivity contribution in [3.05, 3.63) is 145 Å². The van der Waals surface area contributed by atoms with E-state index in [-0.39, 0.29) is 49.6 Å². The molecular formula is C44H46N4O8S6. The van der Waals surface area contributed by atoms with Crippen molar-refractivity contribution in [2.24, 2.45) is 0 Å². The van der Waals surface area contributed by atoms with Crippen molar-refractivity contribution in [2.45, 2.75) is 74.2 Å². The van der Waals surface area contributed by atoms with Gasteiger partial charge in [0.2, 0.25) is 30.1 Å². The van der Waals surface area contributed by atoms with Crippen molar-refractivity contribution in [3.63, 3.8) is 0 Å². The Kier molecular flexibility index (Phi) is 13.0. The molecule has 2 fully saturated rings. The normalized spacial score (nSPS) is 20.8. The molecule has 326 valence electrons. The van der Waals surface area contributed by atoms with Gasteiger partial charge in [0.1, 0.15) is 5.37 Å². The predicted octanol–water partition coefficient (Wildman–Crippen LogP) is 6.61. The molecule has 6 aromatic rings. The molecular weight excluding hydrogens is 905 g/mol. The average molecular weight is 951 g/mol. The summed E-state index contributed by atoms with van der Waals surface area (Å²) in [7, 11) is -13.6. The number of nitrogens with zero attached hydrogens (tertiary/aromatic N) is 1. The first-order chi connectivity index (χ1) is 29.5. The van der Waals surface area contributed by atoms with Crippen LogP contribution in [-0.2, 0) is 39.9 Å². The average Bonchev–Trinajstić information content (AvgIpc) is 3.92. The van der Waals surface area contributed by atoms with Crippen molar-refractivity contribution in [1.82, 2.24) is 19.1 Å². The van der Waals surface area contributed by atoms with E-state index in [1.54, 1.807) is 60.7 Å². The Morgan fingerprint density at radius 2 is 1.10 bits per heavy atom. The molecule has 3 N–H and O–H groups in total. The Labute approximate surface area is 371 Å². The monoisotopic (exact) mass is 950 g/mol. The van der Waals surface area contributed by atoms with E-state index in [9.17, 15) is 33.7 Å². The second-order valence-corrected chi connectivity index (χ2v) is 26.0. The van der Waals surface area contributed by atoms with Crippen molar-refractivity contribution in [2.75, 3.05) is 19.6 Å². The van der Waals surface area contributed by atoms with Crippen LogP contribution in [0.3, 0.4) is 0 Å². The molecule has 0 aromatic heterocycles. The largest absolute Gasteiger partial charge is 0.310 e. The van der Waals surface area contributed by atoms with Crippen LogP contribution >= 0.6 is 21.6 Å². The molecule has 2 heterocycles. The lowest BCUT2D eigenvalue weighted by molar-refractivity contribution is 0.385. The zero-order chi connectivity index (χ0) is 43.9. The van der Waals surface area contributed by atoms with E-state index in [1.807, 2.05) is 56.3 Å². The third-order valence-electron chi connectivity index (χ3n) is 11.3. The van der Waals surface area contributed by atoms with Gasteiger partial charge in [0.15, 0.2) is 9.84 Å². The molecule has 0 bridgehead atoms. The molecule has 5 atom stereocenters. The maximum atomic E-state index is 14.5. The first-order valence-corrected chi connectivity index (χ1v) is 28.2. The van der Waals surface area contributed by atoms with Crippen LogP contribution in [0.5, 0.6) is 0 Å². The molecule has 18 heteroatoms. The maximum absolute atomic E-state index is 14.5. The quantitative estimate of drug-likeness (QED) is 0.0945. The van der Waals surface area contributed by atoms with Gasteiger partial charge in [0, 0.05) is 42.2 Å². The highest BCUT2D eigenvalue weighted by Gasteiger charge is 2.44. The summed E-state index contributed by atoms with van der Waals surface area (Å²) < 4.78 is 119. The van der Waals surface area contributed by atoms with Gasteiger partial charge >= 0.3 is 0 Å². The molecule has 12 nitrogen and oxygen atoms in total. The van der Waals surface area contributed by atoms with Crippen LogP contribution in [0.4, 0.5) is 0 Å². The second-order valence-electron chi connectivity index (χ2n) is 15.7. The molecule has 2 saturated heterocycles. The number of aryl methyl sites for hydroxylation is 2. The highest BCUT2D eigenvalue weighted by Crippen LogP contribution is 2.42. The second kappa shape index (κ2) is 18.0. The number of benzene rings is 6. The molecule has 0 saturated carbocycles. The number of hydrogen-bond donors (Lipinski definition) is 3. The van der Waals surface area contributed by atoms with Gasteiger partial charge in [0.25, 0.3) is 0 Å². The lowest BCUT2D eigenvalue weighted by Crippen LogP contribution is -2.51. The zero-order valence-electron chi connectivity index (χ0n) is 33.8. The van der Waals surface area contributed by atoms with E-state index >= 15 is 0 Å². The summed E-state index contributed by atoms with van der Waals surface area (Å²) in [4.78, 5) is 0.122. The Balaban J connectivity index is 1.01. The minimum Gasteiger partial charge on any atom is -0.310 e. The Hall–Kier alpha value is -3.82. The number of sulfonamides is 3. The minimum atomic E-state index is -4.29. The van der Waals surface area contributed by atoms with E-state index in [1.165, 1.54) is 56.2 Å². The Bertz CT molecular complexity index is 3060. The Morgan fingerprint density at radius 3 is 1.69 bits per heavy atom. The molecule has 2 aliphatic rings. The van der Waals surface area contributed by atoms with E-state index in [4.69, 9.17) is 0 Å². The van der Waals surface area contributed by atoms with E-state index < -0.39 is 57.4 Å². The van der Waals surface area contributed by atoms with Crippen molar-refractivity contribution < 1.29 is 33.7 Å². The summed E-state index contributed by atoms with van der Waals surface area (Å²) in [5, 5.41) is 4.51. The van der Waals surface area contributed by atoms with Crippen molar-refractivity contribution in [3.8, 4) is 0 Å². The third kappa shape index (κ3) is 9.64. The number of rotatable bonds is 15. The molecule has 8 rings (SSSR count). The van der Waals surface area contributed by atoms with Gasteiger partial charge in [-0.15, -0.1) is 0 Å². The van der Waals surface area contributed by atoms with Crippen molar-refractivity contribution in [1.29, 1.82) is 0 Å². The molecule has 0 spiro atoms. The van der Waals surface area contributed by atoms with E-state index in [2.05, 4.69) is 14.8 Å². The fraction of sp³-hybridized carbons (Fsp3) is 0.273. The van der Waals surface area contributed by atoms with Crippen LogP contribution in [0.2, 0.25) is 0 Å². The SMILES string of the molecule is Cc1ccc(S(=O)(=O)NC[C@@H]2C[C@@H](SS[C@H]3CN[C@H](C(NS(=O)(=O)c4ccc(C)cc4)S(=O)(=O)c4ccc5ccccc5c4)C3)CN2S(=O)(=O)c2ccc3ccccc3c2)cc1. The van der Waals surface area contributed by atoms with Gasteiger partial charge in [-0.25, -0.2) is 38.4 Å². The van der Waals surface area contributed by atoms with Gasteiger partial charge in [-0.2, -0.15) is 9.03 Å². The standard InChI is InChI=1S/C44H46N4O8S6/c1-30-11-17-39(18-12-30)60(51,52)46-27-36-25-38(29-48(36)62(55,56)42-22-16-33-8-4-6-10-35(33)24-42)58-57-37-26-43(45-28-37)44(47-61(53,54)40-19-13-31(2)14-20-40)59(49,50)41-21-15-32-7-3-5-9-34(32)23-41/h3-24,36-38,43-47H,25-29H2,1-2H3/t36-,37+,38+,43-,44?/m0/s1. The molecule has 6 aromatic carbocycles. The van der Waals surface area contributed by atoms with Crippen LogP contribution in [0.15, 0.2) is 153 Å². The minimum absolute atomic E-state index is 0.0113. The van der Waals surface area contributed by atoms with Crippen LogP contribution in [0, 0.1) is 13.8 Å². The van der Waals surface area contributed by atoms with Crippen LogP contribution in [-0.4, -0.2) is 85.6 Å². The van der Waals surface area contributed by atoms with Gasteiger partial charge in [0.05, 0.1) is 19.6 Å². The van der Waals surface area contributed by atoms with Gasteiger partial charge in [-0.05, 0) is 96.8 Å². The summed E-state index contributed by atoms with van der Waals surface area (Å²) in [5.74, 6) is 0. The van der Waals surface area contributed by atoms with Crippen LogP contribution in [0.1, 0.15) is 24.0 Å². The molecule has 2 aliphatic heterocycles. The highest BCUT2D eigenvalue weighted by molar-refractivity contribution is 8.77. The fourth-order valence-electron chi connectivity index (χ4n) is 7.85. The van der Waals surface area contributed by atoms with Crippen LogP contribution in [0.25, 0.3) is 21.5 Å². The number of sulfone groups is 1. The van der Waals surface area contributed by atoms with Gasteiger partial charge < -0.3 is 5.32 Å². The maximum Gasteiger partial charge on any atom is 0.243 e. The molecule has 62 heavy (non-hydrogen) atoms. The zero-order valence-corrected chi connectivity index (χ0v) is 38.7. The topological polar surface area (TPSA) is 176 Å². The number of fused-ring (bicyclic) bond motifs is 2. The smallest absolute Gasteiger partial charge is 0.243 e. The number of hydrogen-bond acceptors (Lipinski definition) is 11. The summed E-state index contributed by atoms with van der Waals surface area (Å²) in [6.45, 7) is 4.02. The summed E-state index contributed by atoms with van der Waals surface area (Å²) in [6, 6.07) is 35.6. The van der Waals surface area contributed by atoms with Gasteiger partial charge in [-0.1, -0.05) is 118 Å². The third-order valence-corrected chi connectivity index (χ3v) is 21.6. The summed E-state index contributed by atoms with van der Waals surface area (Å²) >= 11 is 0. The number of nitrogens with one attached hydrogen (secondary N) is 3. The lowest BCUT2D eigenvalue weighted by atomic mass is 10.1. The van der Waals surface area contributed by atoms with E-state index in [0.717, 1.165) is 27.3 Å². The first-order valence-electron chi connectivity index (χ1n) is 19.9. The summed E-state index contributed by atoms with van der Waals surface area (Å²) in [5.41, 5.74) is 1.75. The van der Waals surface area contributed by atoms with E-state index in [0.29, 0.717) is 18.4 Å². The highest BCUT2D eigenvalue weighted by atomic mass is 33.1. The van der Waals surface area contributed by atoms with Crippen molar-refractivity contribution >= 4 is 83.0 Å². The Morgan fingerprint density at radius 1 is 0.597 bits per heavy atom. The molecule has 0 radical (unpaired) electrons. The molecule has 0 aliphatic carbocycles. The molecule has 0 amide bonds. The first kappa shape index (κ1) is 44.8. The predicted molar refractivity (Wildman–Crippen MR) is 248 cm³/mol. The fourth-order valence-corrected chi connectivity index (χ4v) is 17.3.